The number of carbonyl (C=O) groups is 1. The lowest BCUT2D eigenvalue weighted by Gasteiger charge is -2.19. The van der Waals surface area contributed by atoms with Gasteiger partial charge in [0.1, 0.15) is 0 Å². The van der Waals surface area contributed by atoms with Gasteiger partial charge < -0.3 is 15.0 Å². The average molecular weight is 244 g/mol. The van der Waals surface area contributed by atoms with Gasteiger partial charge in [0.15, 0.2) is 0 Å². The molecule has 94 valence electrons. The van der Waals surface area contributed by atoms with Crippen LogP contribution in [0.5, 0.6) is 0 Å². The number of aliphatic hydroxyl groups is 1. The highest BCUT2D eigenvalue weighted by atomic mass is 16.3. The number of nitrogens with zero attached hydrogens (tertiary/aromatic N) is 1. The second-order valence-corrected chi connectivity index (χ2v) is 5.22. The van der Waals surface area contributed by atoms with E-state index in [1.807, 2.05) is 30.5 Å². The molecule has 2 heterocycles. The number of hydrogen-bond donors (Lipinski definition) is 2. The van der Waals surface area contributed by atoms with Crippen molar-refractivity contribution in [2.24, 2.45) is 0 Å². The number of benzene rings is 1. The van der Waals surface area contributed by atoms with E-state index in [0.29, 0.717) is 25.1 Å². The van der Waals surface area contributed by atoms with Crippen LogP contribution in [0.4, 0.5) is 0 Å². The summed E-state index contributed by atoms with van der Waals surface area (Å²) < 4.78 is 0. The molecule has 4 heteroatoms. The lowest BCUT2D eigenvalue weighted by molar-refractivity contribution is 0.0573. The number of hydrogen-bond acceptors (Lipinski definition) is 2. The quantitative estimate of drug-likeness (QED) is 0.803. The summed E-state index contributed by atoms with van der Waals surface area (Å²) in [5.74, 6) is -0.00187. The molecule has 0 aliphatic carbocycles. The molecule has 1 aliphatic heterocycles. The molecule has 3 rings (SSSR count). The van der Waals surface area contributed by atoms with Gasteiger partial charge in [0.25, 0.3) is 5.91 Å². The maximum absolute atomic E-state index is 12.4. The molecular weight excluding hydrogens is 228 g/mol. The number of aromatic nitrogens is 1. The molecule has 2 N–H and O–H groups in total. The van der Waals surface area contributed by atoms with Crippen LogP contribution in [0.3, 0.4) is 0 Å². The largest absolute Gasteiger partial charge is 0.388 e. The van der Waals surface area contributed by atoms with Gasteiger partial charge in [0.2, 0.25) is 0 Å². The first kappa shape index (κ1) is 11.3. The van der Waals surface area contributed by atoms with Gasteiger partial charge in [-0.25, -0.2) is 0 Å². The predicted octanol–water partition coefficient (Wildman–Crippen LogP) is 1.76. The number of nitrogens with one attached hydrogen (secondary N) is 1. The summed E-state index contributed by atoms with van der Waals surface area (Å²) in [5, 5.41) is 10.9. The standard InChI is InChI=1S/C14H16N2O2/c1-14(18)6-8-16(9-14)13(17)11-3-2-4-12-10(11)5-7-15-12/h2-5,7,15,18H,6,8-9H2,1H3. The number of β-amino-alcohol motifs (C(OH)–C–C–N with tert-alkyl or cyclic N) is 1. The van der Waals surface area contributed by atoms with Crippen LogP contribution in [0.2, 0.25) is 0 Å². The van der Waals surface area contributed by atoms with Crippen LogP contribution in [0, 0.1) is 0 Å². The Balaban J connectivity index is 1.95. The summed E-state index contributed by atoms with van der Waals surface area (Å²) in [6.45, 7) is 2.80. The number of carbonyl (C=O) groups excluding carboxylic acids is 1. The number of rotatable bonds is 1. The normalized spacial score (nSPS) is 23.8. The molecule has 4 nitrogen and oxygen atoms in total. The van der Waals surface area contributed by atoms with Crippen molar-refractivity contribution < 1.29 is 9.90 Å². The highest BCUT2D eigenvalue weighted by Gasteiger charge is 2.34. The molecule has 0 radical (unpaired) electrons. The van der Waals surface area contributed by atoms with Gasteiger partial charge >= 0.3 is 0 Å². The van der Waals surface area contributed by atoms with Crippen LogP contribution >= 0.6 is 0 Å². The van der Waals surface area contributed by atoms with Crippen molar-refractivity contribution in [3.05, 3.63) is 36.0 Å². The van der Waals surface area contributed by atoms with E-state index < -0.39 is 5.60 Å². The monoisotopic (exact) mass is 244 g/mol. The Kier molecular flexibility index (Phi) is 2.41. The van der Waals surface area contributed by atoms with Gasteiger partial charge in [-0.3, -0.25) is 4.79 Å². The molecule has 2 aromatic rings. The molecule has 0 spiro atoms. The third-order valence-electron chi connectivity index (χ3n) is 3.56. The molecule has 0 saturated carbocycles. The summed E-state index contributed by atoms with van der Waals surface area (Å²) in [6.07, 6.45) is 2.48. The summed E-state index contributed by atoms with van der Waals surface area (Å²) in [7, 11) is 0. The van der Waals surface area contributed by atoms with Crippen molar-refractivity contribution in [3.8, 4) is 0 Å². The van der Waals surface area contributed by atoms with Crippen molar-refractivity contribution >= 4 is 16.8 Å². The molecule has 18 heavy (non-hydrogen) atoms. The van der Waals surface area contributed by atoms with Crippen molar-refractivity contribution in [1.29, 1.82) is 0 Å². The van der Waals surface area contributed by atoms with Crippen LogP contribution in [-0.4, -0.2) is 39.6 Å². The van der Waals surface area contributed by atoms with Crippen LogP contribution in [0.15, 0.2) is 30.5 Å². The zero-order valence-corrected chi connectivity index (χ0v) is 10.3. The zero-order chi connectivity index (χ0) is 12.8. The fourth-order valence-corrected chi connectivity index (χ4v) is 2.56. The first-order valence-corrected chi connectivity index (χ1v) is 6.15. The molecule has 1 atom stereocenters. The molecular formula is C14H16N2O2. The van der Waals surface area contributed by atoms with Crippen LogP contribution < -0.4 is 0 Å². The summed E-state index contributed by atoms with van der Waals surface area (Å²) >= 11 is 0. The van der Waals surface area contributed by atoms with Crippen molar-refractivity contribution in [3.63, 3.8) is 0 Å². The molecule has 1 saturated heterocycles. The smallest absolute Gasteiger partial charge is 0.254 e. The molecule has 1 aromatic carbocycles. The third-order valence-corrected chi connectivity index (χ3v) is 3.56. The second kappa shape index (κ2) is 3.85. The minimum atomic E-state index is -0.748. The number of fused-ring (bicyclic) bond motifs is 1. The summed E-state index contributed by atoms with van der Waals surface area (Å²) in [5.41, 5.74) is 0.917. The SMILES string of the molecule is CC1(O)CCN(C(=O)c2cccc3[nH]ccc23)C1. The third kappa shape index (κ3) is 1.78. The van der Waals surface area contributed by atoms with E-state index in [4.69, 9.17) is 0 Å². The summed E-state index contributed by atoms with van der Waals surface area (Å²) in [6, 6.07) is 7.58. The van der Waals surface area contributed by atoms with Gasteiger partial charge in [-0.15, -0.1) is 0 Å². The number of likely N-dealkylation sites (tertiary alicyclic amines) is 1. The van der Waals surface area contributed by atoms with E-state index in [-0.39, 0.29) is 5.91 Å². The Morgan fingerprint density at radius 3 is 3.00 bits per heavy atom. The molecule has 1 amide bonds. The number of aromatic amines is 1. The average Bonchev–Trinajstić information content (AvgIpc) is 2.93. The van der Waals surface area contributed by atoms with Crippen molar-refractivity contribution in [2.45, 2.75) is 18.9 Å². The lowest BCUT2D eigenvalue weighted by atomic mass is 10.1. The maximum Gasteiger partial charge on any atom is 0.254 e. The van der Waals surface area contributed by atoms with Gasteiger partial charge in [-0.1, -0.05) is 6.07 Å². The first-order chi connectivity index (χ1) is 8.57. The second-order valence-electron chi connectivity index (χ2n) is 5.22. The number of amides is 1. The fraction of sp³-hybridized carbons (Fsp3) is 0.357. The topological polar surface area (TPSA) is 56.3 Å². The first-order valence-electron chi connectivity index (χ1n) is 6.15. The van der Waals surface area contributed by atoms with Crippen molar-refractivity contribution in [1.82, 2.24) is 9.88 Å². The maximum atomic E-state index is 12.4. The Morgan fingerprint density at radius 2 is 2.28 bits per heavy atom. The minimum absolute atomic E-state index is 0.00187. The van der Waals surface area contributed by atoms with E-state index in [0.717, 1.165) is 10.9 Å². The van der Waals surface area contributed by atoms with Crippen LogP contribution in [0.25, 0.3) is 10.9 Å². The van der Waals surface area contributed by atoms with E-state index in [2.05, 4.69) is 4.98 Å². The molecule has 1 unspecified atom stereocenters. The summed E-state index contributed by atoms with van der Waals surface area (Å²) in [4.78, 5) is 17.3. The van der Waals surface area contributed by atoms with E-state index >= 15 is 0 Å². The van der Waals surface area contributed by atoms with Crippen LogP contribution in [0.1, 0.15) is 23.7 Å². The minimum Gasteiger partial charge on any atom is -0.388 e. The number of H-pyrrole nitrogens is 1. The molecule has 0 bridgehead atoms. The van der Waals surface area contributed by atoms with Gasteiger partial charge in [-0.05, 0) is 31.5 Å². The Bertz CT molecular complexity index is 601. The van der Waals surface area contributed by atoms with Crippen molar-refractivity contribution in [2.75, 3.05) is 13.1 Å². The Morgan fingerprint density at radius 1 is 1.44 bits per heavy atom. The molecule has 1 aliphatic rings. The fourth-order valence-electron chi connectivity index (χ4n) is 2.56. The highest BCUT2D eigenvalue weighted by Crippen LogP contribution is 2.25. The lowest BCUT2D eigenvalue weighted by Crippen LogP contribution is -2.33. The van der Waals surface area contributed by atoms with Gasteiger partial charge in [0, 0.05) is 35.8 Å². The van der Waals surface area contributed by atoms with Gasteiger partial charge in [-0.2, -0.15) is 0 Å². The van der Waals surface area contributed by atoms with E-state index in [9.17, 15) is 9.90 Å². The highest BCUT2D eigenvalue weighted by molar-refractivity contribution is 6.06. The zero-order valence-electron chi connectivity index (χ0n) is 10.3. The molecule has 1 aromatic heterocycles. The van der Waals surface area contributed by atoms with E-state index in [1.54, 1.807) is 11.8 Å². The molecule has 1 fully saturated rings. The Labute approximate surface area is 105 Å². The van der Waals surface area contributed by atoms with Crippen LogP contribution in [-0.2, 0) is 0 Å². The predicted molar refractivity (Wildman–Crippen MR) is 69.4 cm³/mol. The van der Waals surface area contributed by atoms with E-state index in [1.165, 1.54) is 0 Å². The van der Waals surface area contributed by atoms with Gasteiger partial charge in [0.05, 0.1) is 5.60 Å². The Hall–Kier alpha value is -1.81.